The minimum absolute atomic E-state index is 0.0192. The molecule has 0 saturated heterocycles. The lowest BCUT2D eigenvalue weighted by atomic mass is 10.1. The van der Waals surface area contributed by atoms with E-state index >= 15 is 0 Å². The van der Waals surface area contributed by atoms with Crippen molar-refractivity contribution >= 4 is 5.91 Å². The van der Waals surface area contributed by atoms with Crippen molar-refractivity contribution in [2.24, 2.45) is 5.92 Å². The SMILES string of the molecule is Cc1ccc(OCC(=O)NCC2CCCC2O)cc1C. The molecule has 2 N–H and O–H groups in total. The van der Waals surface area contributed by atoms with Crippen molar-refractivity contribution in [3.63, 3.8) is 0 Å². The number of rotatable bonds is 5. The molecule has 0 heterocycles. The summed E-state index contributed by atoms with van der Waals surface area (Å²) < 4.78 is 5.47. The van der Waals surface area contributed by atoms with Crippen LogP contribution in [0, 0.1) is 19.8 Å². The van der Waals surface area contributed by atoms with Crippen LogP contribution in [0.1, 0.15) is 30.4 Å². The second-order valence-corrected chi connectivity index (χ2v) is 5.60. The molecular weight excluding hydrogens is 254 g/mol. The summed E-state index contributed by atoms with van der Waals surface area (Å²) in [5.74, 6) is 0.770. The van der Waals surface area contributed by atoms with Crippen molar-refractivity contribution in [1.82, 2.24) is 5.32 Å². The number of hydrogen-bond acceptors (Lipinski definition) is 3. The molecule has 20 heavy (non-hydrogen) atoms. The van der Waals surface area contributed by atoms with Crippen LogP contribution in [-0.4, -0.2) is 30.3 Å². The highest BCUT2D eigenvalue weighted by atomic mass is 16.5. The number of nitrogens with one attached hydrogen (secondary N) is 1. The molecule has 1 saturated carbocycles. The van der Waals surface area contributed by atoms with Gasteiger partial charge in [0.1, 0.15) is 5.75 Å². The molecule has 1 amide bonds. The predicted octanol–water partition coefficient (Wildman–Crippen LogP) is 1.96. The van der Waals surface area contributed by atoms with Gasteiger partial charge in [-0.3, -0.25) is 4.79 Å². The summed E-state index contributed by atoms with van der Waals surface area (Å²) in [4.78, 5) is 11.7. The highest BCUT2D eigenvalue weighted by molar-refractivity contribution is 5.77. The van der Waals surface area contributed by atoms with Crippen molar-refractivity contribution < 1.29 is 14.6 Å². The molecule has 1 aromatic carbocycles. The van der Waals surface area contributed by atoms with Crippen molar-refractivity contribution in [3.05, 3.63) is 29.3 Å². The summed E-state index contributed by atoms with van der Waals surface area (Å²) in [6, 6.07) is 5.79. The molecule has 0 aromatic heterocycles. The highest BCUT2D eigenvalue weighted by Gasteiger charge is 2.25. The van der Waals surface area contributed by atoms with Gasteiger partial charge in [0.05, 0.1) is 6.10 Å². The third-order valence-electron chi connectivity index (χ3n) is 4.03. The molecule has 110 valence electrons. The Bertz CT molecular complexity index is 473. The predicted molar refractivity (Wildman–Crippen MR) is 77.8 cm³/mol. The number of benzene rings is 1. The summed E-state index contributed by atoms with van der Waals surface area (Å²) >= 11 is 0. The molecule has 2 rings (SSSR count). The maximum Gasteiger partial charge on any atom is 0.257 e. The normalized spacial score (nSPS) is 21.8. The van der Waals surface area contributed by atoms with Crippen molar-refractivity contribution in [3.8, 4) is 5.75 Å². The van der Waals surface area contributed by atoms with Crippen LogP contribution in [0.5, 0.6) is 5.75 Å². The molecule has 0 radical (unpaired) electrons. The third-order valence-corrected chi connectivity index (χ3v) is 4.03. The summed E-state index contributed by atoms with van der Waals surface area (Å²) in [7, 11) is 0. The number of amides is 1. The minimum Gasteiger partial charge on any atom is -0.484 e. The zero-order valence-electron chi connectivity index (χ0n) is 12.2. The quantitative estimate of drug-likeness (QED) is 0.865. The van der Waals surface area contributed by atoms with E-state index in [1.165, 1.54) is 5.56 Å². The Morgan fingerprint density at radius 2 is 2.15 bits per heavy atom. The monoisotopic (exact) mass is 277 g/mol. The number of aliphatic hydroxyl groups is 1. The standard InChI is InChI=1S/C16H23NO3/c1-11-6-7-14(8-12(11)2)20-10-16(19)17-9-13-4-3-5-15(13)18/h6-8,13,15,18H,3-5,9-10H2,1-2H3,(H,17,19). The Hall–Kier alpha value is -1.55. The van der Waals surface area contributed by atoms with Crippen LogP contribution < -0.4 is 10.1 Å². The van der Waals surface area contributed by atoms with Gasteiger partial charge in [-0.1, -0.05) is 12.5 Å². The second-order valence-electron chi connectivity index (χ2n) is 5.60. The summed E-state index contributed by atoms with van der Waals surface area (Å²) in [5, 5.41) is 12.5. The van der Waals surface area contributed by atoms with Gasteiger partial charge in [0.2, 0.25) is 0 Å². The molecule has 0 bridgehead atoms. The Morgan fingerprint density at radius 3 is 2.80 bits per heavy atom. The molecule has 2 unspecified atom stereocenters. The summed E-state index contributed by atoms with van der Waals surface area (Å²) in [6.45, 7) is 4.62. The van der Waals surface area contributed by atoms with Crippen LogP contribution in [0.3, 0.4) is 0 Å². The minimum atomic E-state index is -0.268. The van der Waals surface area contributed by atoms with E-state index in [1.807, 2.05) is 32.0 Å². The highest BCUT2D eigenvalue weighted by Crippen LogP contribution is 2.24. The van der Waals surface area contributed by atoms with Gasteiger partial charge in [0.15, 0.2) is 6.61 Å². The van der Waals surface area contributed by atoms with Gasteiger partial charge < -0.3 is 15.2 Å². The van der Waals surface area contributed by atoms with Crippen LogP contribution >= 0.6 is 0 Å². The number of ether oxygens (including phenoxy) is 1. The number of carbonyl (C=O) groups is 1. The van der Waals surface area contributed by atoms with Crippen LogP contribution in [0.2, 0.25) is 0 Å². The van der Waals surface area contributed by atoms with E-state index in [1.54, 1.807) is 0 Å². The van der Waals surface area contributed by atoms with E-state index in [0.717, 1.165) is 24.8 Å². The van der Waals surface area contributed by atoms with E-state index in [9.17, 15) is 9.90 Å². The Kier molecular flexibility index (Phi) is 5.01. The van der Waals surface area contributed by atoms with E-state index in [0.29, 0.717) is 12.3 Å². The Labute approximate surface area is 120 Å². The summed E-state index contributed by atoms with van der Waals surface area (Å²) in [6.07, 6.45) is 2.61. The van der Waals surface area contributed by atoms with Gasteiger partial charge in [-0.25, -0.2) is 0 Å². The van der Waals surface area contributed by atoms with Crippen molar-refractivity contribution in [2.75, 3.05) is 13.2 Å². The number of aryl methyl sites for hydroxylation is 2. The maximum atomic E-state index is 11.7. The van der Waals surface area contributed by atoms with Gasteiger partial charge in [0.25, 0.3) is 5.91 Å². The van der Waals surface area contributed by atoms with Gasteiger partial charge in [0, 0.05) is 12.5 Å². The first kappa shape index (κ1) is 14.9. The third kappa shape index (κ3) is 3.97. The largest absolute Gasteiger partial charge is 0.484 e. The van der Waals surface area contributed by atoms with E-state index in [2.05, 4.69) is 5.32 Å². The van der Waals surface area contributed by atoms with Gasteiger partial charge in [-0.05, 0) is 49.9 Å². The number of aliphatic hydroxyl groups excluding tert-OH is 1. The molecular formula is C16H23NO3. The lowest BCUT2D eigenvalue weighted by Gasteiger charge is -2.15. The van der Waals surface area contributed by atoms with Crippen LogP contribution in [-0.2, 0) is 4.79 Å². The van der Waals surface area contributed by atoms with E-state index in [4.69, 9.17) is 4.74 Å². The van der Waals surface area contributed by atoms with Crippen molar-refractivity contribution in [2.45, 2.75) is 39.2 Å². The fourth-order valence-electron chi connectivity index (χ4n) is 2.50. The zero-order chi connectivity index (χ0) is 14.5. The average Bonchev–Trinajstić information content (AvgIpc) is 2.83. The first-order chi connectivity index (χ1) is 9.56. The average molecular weight is 277 g/mol. The van der Waals surface area contributed by atoms with Crippen molar-refractivity contribution in [1.29, 1.82) is 0 Å². The van der Waals surface area contributed by atoms with Crippen LogP contribution in [0.15, 0.2) is 18.2 Å². The molecule has 0 spiro atoms. The van der Waals surface area contributed by atoms with E-state index in [-0.39, 0.29) is 24.5 Å². The van der Waals surface area contributed by atoms with Gasteiger partial charge in [-0.2, -0.15) is 0 Å². The topological polar surface area (TPSA) is 58.6 Å². The molecule has 1 aromatic rings. The fraction of sp³-hybridized carbons (Fsp3) is 0.562. The summed E-state index contributed by atoms with van der Waals surface area (Å²) in [5.41, 5.74) is 2.36. The second kappa shape index (κ2) is 6.75. The Balaban J connectivity index is 1.73. The molecule has 0 aliphatic heterocycles. The smallest absolute Gasteiger partial charge is 0.257 e. The zero-order valence-corrected chi connectivity index (χ0v) is 12.2. The Morgan fingerprint density at radius 1 is 1.35 bits per heavy atom. The lowest BCUT2D eigenvalue weighted by molar-refractivity contribution is -0.123. The molecule has 1 aliphatic carbocycles. The van der Waals surface area contributed by atoms with Gasteiger partial charge in [-0.15, -0.1) is 0 Å². The molecule has 4 heteroatoms. The number of carbonyl (C=O) groups excluding carboxylic acids is 1. The van der Waals surface area contributed by atoms with Crippen LogP contribution in [0.4, 0.5) is 0 Å². The van der Waals surface area contributed by atoms with E-state index < -0.39 is 0 Å². The first-order valence-corrected chi connectivity index (χ1v) is 7.21. The molecule has 4 nitrogen and oxygen atoms in total. The molecule has 1 fully saturated rings. The number of hydrogen-bond donors (Lipinski definition) is 2. The van der Waals surface area contributed by atoms with Crippen LogP contribution in [0.25, 0.3) is 0 Å². The first-order valence-electron chi connectivity index (χ1n) is 7.21. The molecule has 1 aliphatic rings. The van der Waals surface area contributed by atoms with Gasteiger partial charge >= 0.3 is 0 Å². The fourth-order valence-corrected chi connectivity index (χ4v) is 2.50. The molecule has 2 atom stereocenters. The lowest BCUT2D eigenvalue weighted by Crippen LogP contribution is -2.35. The maximum absolute atomic E-state index is 11.7.